The molecule has 26 heavy (non-hydrogen) atoms. The zero-order valence-electron chi connectivity index (χ0n) is 14.4. The summed E-state index contributed by atoms with van der Waals surface area (Å²) in [6.45, 7) is 3.50. The van der Waals surface area contributed by atoms with Gasteiger partial charge in [0.05, 0.1) is 24.1 Å². The van der Waals surface area contributed by atoms with E-state index >= 15 is 0 Å². The van der Waals surface area contributed by atoms with Gasteiger partial charge in [0.15, 0.2) is 0 Å². The number of carbonyl (C=O) groups is 2. The van der Waals surface area contributed by atoms with Crippen molar-refractivity contribution in [1.29, 1.82) is 0 Å². The number of nitrogens with zero attached hydrogens (tertiary/aromatic N) is 1. The predicted molar refractivity (Wildman–Crippen MR) is 93.0 cm³/mol. The lowest BCUT2D eigenvalue weighted by Crippen LogP contribution is -2.37. The van der Waals surface area contributed by atoms with Crippen molar-refractivity contribution in [3.05, 3.63) is 54.0 Å². The normalized spacial score (nSPS) is 11.7. The molecule has 1 atom stereocenters. The molecule has 0 radical (unpaired) electrons. The van der Waals surface area contributed by atoms with Gasteiger partial charge in [-0.3, -0.25) is 9.59 Å². The molecule has 7 nitrogen and oxygen atoms in total. The summed E-state index contributed by atoms with van der Waals surface area (Å²) in [4.78, 5) is 27.7. The molecule has 138 valence electrons. The van der Waals surface area contributed by atoms with Crippen LogP contribution in [0.25, 0.3) is 0 Å². The van der Waals surface area contributed by atoms with Crippen LogP contribution < -0.4 is 15.4 Å². The molecule has 8 heteroatoms. The predicted octanol–water partition coefficient (Wildman–Crippen LogP) is 1.80. The number of pyridine rings is 1. The molecule has 2 amide bonds. The summed E-state index contributed by atoms with van der Waals surface area (Å²) in [5, 5.41) is 14.6. The highest BCUT2D eigenvalue weighted by Gasteiger charge is 2.16. The Morgan fingerprint density at radius 3 is 2.62 bits per heavy atom. The van der Waals surface area contributed by atoms with Crippen LogP contribution in [0, 0.1) is 5.82 Å². The zero-order valence-corrected chi connectivity index (χ0v) is 14.4. The molecule has 0 aliphatic heterocycles. The van der Waals surface area contributed by atoms with E-state index < -0.39 is 23.7 Å². The van der Waals surface area contributed by atoms with Crippen molar-refractivity contribution in [2.24, 2.45) is 0 Å². The highest BCUT2D eigenvalue weighted by Crippen LogP contribution is 2.14. The average Bonchev–Trinajstić information content (AvgIpc) is 2.60. The first-order valence-electron chi connectivity index (χ1n) is 8.00. The van der Waals surface area contributed by atoms with Crippen LogP contribution in [0.1, 0.15) is 25.5 Å². The third-order valence-corrected chi connectivity index (χ3v) is 3.25. The molecule has 1 aromatic heterocycles. The monoisotopic (exact) mass is 361 g/mol. The third-order valence-electron chi connectivity index (χ3n) is 3.25. The number of nitrogens with one attached hydrogen (secondary N) is 2. The van der Waals surface area contributed by atoms with Crippen molar-refractivity contribution in [3.63, 3.8) is 0 Å². The van der Waals surface area contributed by atoms with Crippen LogP contribution >= 0.6 is 0 Å². The molecular weight excluding hydrogens is 341 g/mol. The number of aromatic nitrogens is 1. The van der Waals surface area contributed by atoms with Gasteiger partial charge in [0.1, 0.15) is 5.82 Å². The van der Waals surface area contributed by atoms with Gasteiger partial charge in [-0.15, -0.1) is 0 Å². The molecule has 2 rings (SSSR count). The number of amides is 2. The van der Waals surface area contributed by atoms with Crippen molar-refractivity contribution in [1.82, 2.24) is 10.3 Å². The summed E-state index contributed by atoms with van der Waals surface area (Å²) in [7, 11) is 0. The highest BCUT2D eigenvalue weighted by atomic mass is 19.1. The van der Waals surface area contributed by atoms with Crippen molar-refractivity contribution in [2.75, 3.05) is 11.9 Å². The fraction of sp³-hybridized carbons (Fsp3) is 0.278. The zero-order chi connectivity index (χ0) is 19.1. The Hall–Kier alpha value is -3.00. The lowest BCUT2D eigenvalue weighted by molar-refractivity contribution is -0.136. The standard InChI is InChI=1S/C18H20FN3O4/c1-11(2)26-16-7-6-14(9-20-16)22-18(25)17(24)21-10-15(23)12-4-3-5-13(19)8-12/h3-9,11,15,23H,10H2,1-2H3,(H,21,24)(H,22,25). The number of aliphatic hydroxyl groups is 1. The molecule has 3 N–H and O–H groups in total. The highest BCUT2D eigenvalue weighted by molar-refractivity contribution is 6.39. The van der Waals surface area contributed by atoms with Gasteiger partial charge in [0.2, 0.25) is 5.88 Å². The van der Waals surface area contributed by atoms with Crippen molar-refractivity contribution in [2.45, 2.75) is 26.1 Å². The van der Waals surface area contributed by atoms with Crippen LogP contribution in [-0.4, -0.2) is 34.6 Å². The summed E-state index contributed by atoms with van der Waals surface area (Å²) in [6, 6.07) is 8.49. The lowest BCUT2D eigenvalue weighted by atomic mass is 10.1. The smallest absolute Gasteiger partial charge is 0.313 e. The maximum atomic E-state index is 13.1. The van der Waals surface area contributed by atoms with Gasteiger partial charge >= 0.3 is 11.8 Å². The minimum atomic E-state index is -1.13. The van der Waals surface area contributed by atoms with Crippen LogP contribution in [0.15, 0.2) is 42.6 Å². The molecule has 1 aromatic carbocycles. The van der Waals surface area contributed by atoms with Crippen molar-refractivity contribution >= 4 is 17.5 Å². The lowest BCUT2D eigenvalue weighted by Gasteiger charge is -2.12. The van der Waals surface area contributed by atoms with Gasteiger partial charge in [-0.1, -0.05) is 12.1 Å². The Bertz CT molecular complexity index is 765. The number of carbonyl (C=O) groups excluding carboxylic acids is 2. The molecule has 0 aliphatic carbocycles. The van der Waals surface area contributed by atoms with E-state index in [1.54, 1.807) is 12.1 Å². The number of hydrogen-bond donors (Lipinski definition) is 3. The van der Waals surface area contributed by atoms with Gasteiger partial charge in [-0.25, -0.2) is 9.37 Å². The Kier molecular flexibility index (Phi) is 6.62. The van der Waals surface area contributed by atoms with E-state index in [0.717, 1.165) is 6.07 Å². The Morgan fingerprint density at radius 2 is 2.00 bits per heavy atom. The summed E-state index contributed by atoms with van der Waals surface area (Å²) < 4.78 is 18.5. The second-order valence-electron chi connectivity index (χ2n) is 5.79. The van der Waals surface area contributed by atoms with Gasteiger partial charge < -0.3 is 20.5 Å². The number of ether oxygens (including phenoxy) is 1. The van der Waals surface area contributed by atoms with Crippen molar-refractivity contribution < 1.29 is 23.8 Å². The average molecular weight is 361 g/mol. The molecular formula is C18H20FN3O4. The maximum Gasteiger partial charge on any atom is 0.313 e. The number of halogens is 1. The molecule has 0 bridgehead atoms. The van der Waals surface area contributed by atoms with E-state index in [4.69, 9.17) is 4.74 Å². The second-order valence-corrected chi connectivity index (χ2v) is 5.79. The molecule has 0 saturated carbocycles. The molecule has 0 saturated heterocycles. The summed E-state index contributed by atoms with van der Waals surface area (Å²) in [5.41, 5.74) is 0.627. The topological polar surface area (TPSA) is 101 Å². The molecule has 0 fully saturated rings. The van der Waals surface area contributed by atoms with E-state index in [0.29, 0.717) is 17.1 Å². The number of anilines is 1. The molecule has 0 spiro atoms. The maximum absolute atomic E-state index is 13.1. The van der Waals surface area contributed by atoms with E-state index in [1.165, 1.54) is 24.4 Å². The van der Waals surface area contributed by atoms with Crippen LogP contribution in [0.2, 0.25) is 0 Å². The molecule has 1 unspecified atom stereocenters. The van der Waals surface area contributed by atoms with Gasteiger partial charge in [-0.2, -0.15) is 0 Å². The van der Waals surface area contributed by atoms with Crippen LogP contribution in [0.5, 0.6) is 5.88 Å². The SMILES string of the molecule is CC(C)Oc1ccc(NC(=O)C(=O)NCC(O)c2cccc(F)c2)cn1. The largest absolute Gasteiger partial charge is 0.475 e. The Labute approximate surface area is 150 Å². The van der Waals surface area contributed by atoms with Crippen LogP contribution in [-0.2, 0) is 9.59 Å². The Morgan fingerprint density at radius 1 is 1.23 bits per heavy atom. The number of rotatable bonds is 6. The first kappa shape index (κ1) is 19.3. The summed E-state index contributed by atoms with van der Waals surface area (Å²) >= 11 is 0. The number of benzene rings is 1. The quantitative estimate of drug-likeness (QED) is 0.681. The van der Waals surface area contributed by atoms with Crippen LogP contribution in [0.3, 0.4) is 0 Å². The minimum absolute atomic E-state index is 0.0294. The molecule has 0 aliphatic rings. The summed E-state index contributed by atoms with van der Waals surface area (Å²) in [6.07, 6.45) is 0.208. The van der Waals surface area contributed by atoms with Crippen molar-refractivity contribution in [3.8, 4) is 5.88 Å². The first-order valence-corrected chi connectivity index (χ1v) is 8.00. The second kappa shape index (κ2) is 8.91. The fourth-order valence-corrected chi connectivity index (χ4v) is 2.05. The van der Waals surface area contributed by atoms with Gasteiger partial charge in [-0.05, 0) is 37.6 Å². The van der Waals surface area contributed by atoms with E-state index in [2.05, 4.69) is 15.6 Å². The van der Waals surface area contributed by atoms with E-state index in [-0.39, 0.29) is 12.6 Å². The number of aliphatic hydroxyl groups excluding tert-OH is 1. The number of hydrogen-bond acceptors (Lipinski definition) is 5. The molecule has 2 aromatic rings. The fourth-order valence-electron chi connectivity index (χ4n) is 2.05. The van der Waals surface area contributed by atoms with Gasteiger partial charge in [0, 0.05) is 12.6 Å². The van der Waals surface area contributed by atoms with Gasteiger partial charge in [0.25, 0.3) is 0 Å². The first-order chi connectivity index (χ1) is 12.3. The van der Waals surface area contributed by atoms with Crippen LogP contribution in [0.4, 0.5) is 10.1 Å². The van der Waals surface area contributed by atoms with E-state index in [9.17, 15) is 19.1 Å². The molecule has 1 heterocycles. The minimum Gasteiger partial charge on any atom is -0.475 e. The van der Waals surface area contributed by atoms with E-state index in [1.807, 2.05) is 13.8 Å². The third kappa shape index (κ3) is 5.82. The summed E-state index contributed by atoms with van der Waals surface area (Å²) in [5.74, 6) is -1.93. The Balaban J connectivity index is 1.84.